The van der Waals surface area contributed by atoms with Crippen molar-refractivity contribution < 1.29 is 14.7 Å². The Labute approximate surface area is 122 Å². The van der Waals surface area contributed by atoms with Gasteiger partial charge >= 0.3 is 12.0 Å². The van der Waals surface area contributed by atoms with Crippen molar-refractivity contribution in [3.8, 4) is 0 Å². The number of urea groups is 1. The fourth-order valence-corrected chi connectivity index (χ4v) is 2.00. The first-order valence-corrected chi connectivity index (χ1v) is 6.68. The van der Waals surface area contributed by atoms with Crippen LogP contribution in [0.15, 0.2) is 30.3 Å². The Kier molecular flexibility index (Phi) is 4.37. The molecule has 3 N–H and O–H groups in total. The number of carbonyl (C=O) groups is 2. The number of hydrogen-bond donors (Lipinski definition) is 3. The molecule has 0 aliphatic heterocycles. The number of pyridine rings is 1. The van der Waals surface area contributed by atoms with Gasteiger partial charge < -0.3 is 15.7 Å². The van der Waals surface area contributed by atoms with E-state index >= 15 is 0 Å². The van der Waals surface area contributed by atoms with Gasteiger partial charge in [0.1, 0.15) is 6.04 Å². The summed E-state index contributed by atoms with van der Waals surface area (Å²) in [4.78, 5) is 27.2. The van der Waals surface area contributed by atoms with E-state index in [2.05, 4.69) is 15.6 Å². The minimum Gasteiger partial charge on any atom is -0.480 e. The molecule has 0 saturated heterocycles. The van der Waals surface area contributed by atoms with Crippen molar-refractivity contribution in [2.75, 3.05) is 5.32 Å². The van der Waals surface area contributed by atoms with Gasteiger partial charge in [-0.2, -0.15) is 0 Å². The molecule has 1 atom stereocenters. The number of rotatable bonds is 4. The number of aryl methyl sites for hydroxylation is 1. The summed E-state index contributed by atoms with van der Waals surface area (Å²) in [5.74, 6) is -1.06. The number of aromatic nitrogens is 1. The predicted octanol–water partition coefficient (Wildman–Crippen LogP) is 2.53. The van der Waals surface area contributed by atoms with E-state index in [-0.39, 0.29) is 0 Å². The average Bonchev–Trinajstić information content (AvgIpc) is 2.45. The van der Waals surface area contributed by atoms with E-state index in [1.165, 1.54) is 0 Å². The number of amides is 2. The van der Waals surface area contributed by atoms with Crippen molar-refractivity contribution in [3.63, 3.8) is 0 Å². The molecule has 0 aliphatic rings. The van der Waals surface area contributed by atoms with E-state index in [0.717, 1.165) is 11.1 Å². The number of carbonyl (C=O) groups excluding carboxylic acids is 1. The number of carboxylic acid groups (broad SMARTS) is 1. The van der Waals surface area contributed by atoms with Crippen LogP contribution in [0.1, 0.15) is 19.0 Å². The Morgan fingerprint density at radius 2 is 2.05 bits per heavy atom. The maximum absolute atomic E-state index is 11.9. The van der Waals surface area contributed by atoms with Gasteiger partial charge in [0.15, 0.2) is 0 Å². The van der Waals surface area contributed by atoms with Crippen LogP contribution in [0.3, 0.4) is 0 Å². The zero-order chi connectivity index (χ0) is 15.4. The highest BCUT2D eigenvalue weighted by Crippen LogP contribution is 2.21. The van der Waals surface area contributed by atoms with Gasteiger partial charge in [-0.25, -0.2) is 9.59 Å². The van der Waals surface area contributed by atoms with E-state index in [9.17, 15) is 9.59 Å². The van der Waals surface area contributed by atoms with Crippen LogP contribution in [0, 0.1) is 6.92 Å². The molecule has 0 aliphatic carbocycles. The molecule has 21 heavy (non-hydrogen) atoms. The van der Waals surface area contributed by atoms with E-state index in [0.29, 0.717) is 17.6 Å². The summed E-state index contributed by atoms with van der Waals surface area (Å²) in [6.45, 7) is 3.57. The van der Waals surface area contributed by atoms with Gasteiger partial charge in [0.05, 0.1) is 11.2 Å². The molecule has 2 amide bonds. The quantitative estimate of drug-likeness (QED) is 0.805. The van der Waals surface area contributed by atoms with Gasteiger partial charge in [-0.15, -0.1) is 0 Å². The molecule has 0 saturated carbocycles. The van der Waals surface area contributed by atoms with Crippen LogP contribution in [0.4, 0.5) is 10.5 Å². The van der Waals surface area contributed by atoms with Crippen molar-refractivity contribution in [1.29, 1.82) is 0 Å². The molecule has 110 valence electrons. The summed E-state index contributed by atoms with van der Waals surface area (Å²) < 4.78 is 0. The van der Waals surface area contributed by atoms with Crippen LogP contribution in [-0.4, -0.2) is 28.1 Å². The normalized spacial score (nSPS) is 11.9. The second-order valence-electron chi connectivity index (χ2n) is 4.73. The monoisotopic (exact) mass is 287 g/mol. The Hall–Kier alpha value is -2.63. The molecule has 2 aromatic rings. The SMILES string of the molecule is CC[C@@H](NC(=O)Nc1cccc2ccc(C)nc12)C(=O)O. The Bertz CT molecular complexity index is 685. The second kappa shape index (κ2) is 6.21. The fraction of sp³-hybridized carbons (Fsp3) is 0.267. The third-order valence-electron chi connectivity index (χ3n) is 3.12. The van der Waals surface area contributed by atoms with E-state index in [4.69, 9.17) is 5.11 Å². The van der Waals surface area contributed by atoms with Gasteiger partial charge in [-0.3, -0.25) is 4.98 Å². The van der Waals surface area contributed by atoms with E-state index in [1.807, 2.05) is 31.2 Å². The maximum atomic E-state index is 11.9. The standard InChI is InChI=1S/C15H17N3O3/c1-3-11(14(19)20)17-15(21)18-12-6-4-5-10-8-7-9(2)16-13(10)12/h4-8,11H,3H2,1-2H3,(H,19,20)(H2,17,18,21)/t11-/m1/s1. The molecule has 0 unspecified atom stereocenters. The topological polar surface area (TPSA) is 91.3 Å². The van der Waals surface area contributed by atoms with Gasteiger partial charge in [-0.05, 0) is 25.5 Å². The van der Waals surface area contributed by atoms with Gasteiger partial charge in [0.2, 0.25) is 0 Å². The smallest absolute Gasteiger partial charge is 0.326 e. The summed E-state index contributed by atoms with van der Waals surface area (Å²) >= 11 is 0. The molecule has 6 heteroatoms. The van der Waals surface area contributed by atoms with E-state index in [1.54, 1.807) is 13.0 Å². The minimum absolute atomic E-state index is 0.315. The highest BCUT2D eigenvalue weighted by Gasteiger charge is 2.17. The highest BCUT2D eigenvalue weighted by atomic mass is 16.4. The van der Waals surface area contributed by atoms with Crippen LogP contribution in [0.2, 0.25) is 0 Å². The molecule has 6 nitrogen and oxygen atoms in total. The number of anilines is 1. The summed E-state index contributed by atoms with van der Waals surface area (Å²) in [5, 5.41) is 14.9. The fourth-order valence-electron chi connectivity index (χ4n) is 2.00. The second-order valence-corrected chi connectivity index (χ2v) is 4.73. The zero-order valence-electron chi connectivity index (χ0n) is 11.9. The van der Waals surface area contributed by atoms with Crippen molar-refractivity contribution >= 4 is 28.6 Å². The number of carboxylic acids is 1. The van der Waals surface area contributed by atoms with E-state index < -0.39 is 18.0 Å². The average molecular weight is 287 g/mol. The summed E-state index contributed by atoms with van der Waals surface area (Å²) in [6, 6.07) is 7.79. The summed E-state index contributed by atoms with van der Waals surface area (Å²) in [7, 11) is 0. The Morgan fingerprint density at radius 1 is 1.29 bits per heavy atom. The molecule has 1 aromatic carbocycles. The molecule has 0 spiro atoms. The number of nitrogens with zero attached hydrogens (tertiary/aromatic N) is 1. The lowest BCUT2D eigenvalue weighted by molar-refractivity contribution is -0.139. The lowest BCUT2D eigenvalue weighted by Crippen LogP contribution is -2.42. The number of nitrogens with one attached hydrogen (secondary N) is 2. The first kappa shape index (κ1) is 14.8. The molecular formula is C15H17N3O3. The van der Waals surface area contributed by atoms with Crippen molar-refractivity contribution in [2.24, 2.45) is 0 Å². The first-order chi connectivity index (χ1) is 10.0. The predicted molar refractivity (Wildman–Crippen MR) is 80.3 cm³/mol. The zero-order valence-corrected chi connectivity index (χ0v) is 11.9. The van der Waals surface area contributed by atoms with Gasteiger partial charge in [-0.1, -0.05) is 25.1 Å². The van der Waals surface area contributed by atoms with Crippen LogP contribution < -0.4 is 10.6 Å². The highest BCUT2D eigenvalue weighted by molar-refractivity contribution is 6.00. The number of hydrogen-bond acceptors (Lipinski definition) is 3. The molecule has 0 fully saturated rings. The lowest BCUT2D eigenvalue weighted by atomic mass is 10.2. The third-order valence-corrected chi connectivity index (χ3v) is 3.12. The molecule has 1 aromatic heterocycles. The van der Waals surface area contributed by atoms with Crippen LogP contribution in [-0.2, 0) is 4.79 Å². The van der Waals surface area contributed by atoms with Gasteiger partial charge in [0.25, 0.3) is 0 Å². The van der Waals surface area contributed by atoms with Crippen LogP contribution in [0.25, 0.3) is 10.9 Å². The number of para-hydroxylation sites is 1. The number of benzene rings is 1. The molecular weight excluding hydrogens is 270 g/mol. The molecule has 0 radical (unpaired) electrons. The number of fused-ring (bicyclic) bond motifs is 1. The Morgan fingerprint density at radius 3 is 2.71 bits per heavy atom. The van der Waals surface area contributed by atoms with Crippen molar-refractivity contribution in [2.45, 2.75) is 26.3 Å². The summed E-state index contributed by atoms with van der Waals surface area (Å²) in [6.07, 6.45) is 0.315. The van der Waals surface area contributed by atoms with Crippen LogP contribution >= 0.6 is 0 Å². The maximum Gasteiger partial charge on any atom is 0.326 e. The largest absolute Gasteiger partial charge is 0.480 e. The molecule has 1 heterocycles. The van der Waals surface area contributed by atoms with Crippen molar-refractivity contribution in [3.05, 3.63) is 36.0 Å². The third kappa shape index (κ3) is 3.47. The number of aliphatic carboxylic acids is 1. The first-order valence-electron chi connectivity index (χ1n) is 6.68. The van der Waals surface area contributed by atoms with Crippen molar-refractivity contribution in [1.82, 2.24) is 10.3 Å². The Balaban J connectivity index is 2.21. The lowest BCUT2D eigenvalue weighted by Gasteiger charge is -2.14. The molecule has 2 rings (SSSR count). The minimum atomic E-state index is -1.06. The van der Waals surface area contributed by atoms with Crippen LogP contribution in [0.5, 0.6) is 0 Å². The van der Waals surface area contributed by atoms with Gasteiger partial charge in [0, 0.05) is 11.1 Å². The summed E-state index contributed by atoms with van der Waals surface area (Å²) in [5.41, 5.74) is 2.07. The molecule has 0 bridgehead atoms.